The predicted octanol–water partition coefficient (Wildman–Crippen LogP) is 5.11. The maximum absolute atomic E-state index is 12.8. The molecule has 1 aliphatic heterocycles. The Labute approximate surface area is 178 Å². The molecule has 7 heteroatoms. The molecule has 0 aromatic heterocycles. The van der Waals surface area contributed by atoms with Crippen LogP contribution in [-0.4, -0.2) is 17.8 Å². The quantitative estimate of drug-likeness (QED) is 0.315. The Hall–Kier alpha value is -4.13. The van der Waals surface area contributed by atoms with Gasteiger partial charge in [-0.05, 0) is 36.8 Å². The molecule has 0 unspecified atom stereocenters. The molecule has 7 nitrogen and oxygen atoms in total. The summed E-state index contributed by atoms with van der Waals surface area (Å²) >= 11 is 0. The number of nitrogens with zero attached hydrogens (tertiary/aromatic N) is 1. The van der Waals surface area contributed by atoms with Crippen molar-refractivity contribution in [3.8, 4) is 17.2 Å². The number of hydrogen-bond donors (Lipinski definition) is 0. The number of ketones is 1. The molecule has 0 N–H and O–H groups in total. The van der Waals surface area contributed by atoms with Crippen molar-refractivity contribution in [3.05, 3.63) is 98.8 Å². The Morgan fingerprint density at radius 2 is 1.87 bits per heavy atom. The van der Waals surface area contributed by atoms with Crippen molar-refractivity contribution < 1.29 is 23.9 Å². The number of rotatable bonds is 6. The van der Waals surface area contributed by atoms with Gasteiger partial charge in [0.05, 0.1) is 17.6 Å². The summed E-state index contributed by atoms with van der Waals surface area (Å²) in [5, 5.41) is 11.0. The second kappa shape index (κ2) is 8.31. The van der Waals surface area contributed by atoms with Crippen LogP contribution in [0.5, 0.6) is 17.2 Å². The van der Waals surface area contributed by atoms with Crippen LogP contribution in [0.25, 0.3) is 6.08 Å². The third-order valence-electron chi connectivity index (χ3n) is 4.99. The Kier molecular flexibility index (Phi) is 5.41. The van der Waals surface area contributed by atoms with Gasteiger partial charge in [0.2, 0.25) is 5.78 Å². The number of Topliss-reactive ketones (excluding diaryl/α,β-unsaturated/α-hetero) is 1. The second-order valence-electron chi connectivity index (χ2n) is 6.96. The first-order valence-electron chi connectivity index (χ1n) is 9.55. The van der Waals surface area contributed by atoms with E-state index in [0.29, 0.717) is 34.8 Å². The van der Waals surface area contributed by atoms with Gasteiger partial charge in [-0.3, -0.25) is 14.9 Å². The Morgan fingerprint density at radius 3 is 2.65 bits per heavy atom. The van der Waals surface area contributed by atoms with E-state index in [1.165, 1.54) is 18.2 Å². The number of fused-ring (bicyclic) bond motifs is 1. The van der Waals surface area contributed by atoms with Gasteiger partial charge >= 0.3 is 0 Å². The molecule has 3 aromatic carbocycles. The Morgan fingerprint density at radius 1 is 1.06 bits per heavy atom. The fourth-order valence-corrected chi connectivity index (χ4v) is 3.38. The molecule has 156 valence electrons. The fraction of sp³-hybridized carbons (Fsp3) is 0.125. The van der Waals surface area contributed by atoms with Gasteiger partial charge in [0.15, 0.2) is 5.76 Å². The molecule has 31 heavy (non-hydrogen) atoms. The van der Waals surface area contributed by atoms with Crippen molar-refractivity contribution in [2.75, 3.05) is 7.11 Å². The van der Waals surface area contributed by atoms with Crippen LogP contribution in [-0.2, 0) is 6.61 Å². The van der Waals surface area contributed by atoms with Crippen molar-refractivity contribution in [3.63, 3.8) is 0 Å². The summed E-state index contributed by atoms with van der Waals surface area (Å²) in [5.74, 6) is 1.59. The fourth-order valence-electron chi connectivity index (χ4n) is 3.38. The predicted molar refractivity (Wildman–Crippen MR) is 115 cm³/mol. The standard InChI is InChI=1S/C24H19NO6/c1-15-20(30-14-17-7-3-4-9-21(17)29-2)11-10-19-23(26)22(31-24(15)19)13-16-6-5-8-18(12-16)25(27)28/h3-13H,14H2,1-2H3/b22-13-. The summed E-state index contributed by atoms with van der Waals surface area (Å²) in [6, 6.07) is 17.0. The lowest BCUT2D eigenvalue weighted by atomic mass is 10.1. The second-order valence-corrected chi connectivity index (χ2v) is 6.96. The smallest absolute Gasteiger partial charge is 0.270 e. The number of carbonyl (C=O) groups excluding carboxylic acids is 1. The average Bonchev–Trinajstić information content (AvgIpc) is 3.10. The van der Waals surface area contributed by atoms with Crippen molar-refractivity contribution in [1.82, 2.24) is 0 Å². The lowest BCUT2D eigenvalue weighted by Gasteiger charge is -2.13. The highest BCUT2D eigenvalue weighted by Gasteiger charge is 2.30. The van der Waals surface area contributed by atoms with Crippen LogP contribution in [0.2, 0.25) is 0 Å². The van der Waals surface area contributed by atoms with E-state index in [9.17, 15) is 14.9 Å². The molecule has 1 aliphatic rings. The first kappa shape index (κ1) is 20.2. The lowest BCUT2D eigenvalue weighted by Crippen LogP contribution is -2.00. The molecule has 1 heterocycles. The van der Waals surface area contributed by atoms with Gasteiger partial charge in [-0.25, -0.2) is 0 Å². The Bertz CT molecular complexity index is 1210. The van der Waals surface area contributed by atoms with E-state index in [0.717, 1.165) is 11.3 Å². The summed E-state index contributed by atoms with van der Waals surface area (Å²) in [4.78, 5) is 23.3. The number of methoxy groups -OCH3 is 1. The normalized spacial score (nSPS) is 13.6. The molecular weight excluding hydrogens is 398 g/mol. The molecule has 0 spiro atoms. The summed E-state index contributed by atoms with van der Waals surface area (Å²) in [6.45, 7) is 2.12. The van der Waals surface area contributed by atoms with E-state index in [1.54, 1.807) is 31.4 Å². The number of hydrogen-bond acceptors (Lipinski definition) is 6. The minimum absolute atomic E-state index is 0.0551. The largest absolute Gasteiger partial charge is 0.496 e. The first-order valence-corrected chi connectivity index (χ1v) is 9.55. The van der Waals surface area contributed by atoms with E-state index >= 15 is 0 Å². The van der Waals surface area contributed by atoms with Crippen LogP contribution in [0.3, 0.4) is 0 Å². The van der Waals surface area contributed by atoms with Crippen molar-refractivity contribution >= 4 is 17.5 Å². The summed E-state index contributed by atoms with van der Waals surface area (Å²) in [5.41, 5.74) is 2.48. The molecule has 0 amide bonds. The average molecular weight is 417 g/mol. The number of allylic oxidation sites excluding steroid dienone is 1. The number of non-ortho nitro benzene ring substituents is 1. The highest BCUT2D eigenvalue weighted by atomic mass is 16.6. The zero-order valence-corrected chi connectivity index (χ0v) is 17.0. The highest BCUT2D eigenvalue weighted by molar-refractivity contribution is 6.15. The van der Waals surface area contributed by atoms with Crippen LogP contribution >= 0.6 is 0 Å². The van der Waals surface area contributed by atoms with E-state index in [-0.39, 0.29) is 17.2 Å². The van der Waals surface area contributed by atoms with Crippen molar-refractivity contribution in [2.24, 2.45) is 0 Å². The minimum atomic E-state index is -0.483. The molecule has 4 rings (SSSR count). The van der Waals surface area contributed by atoms with Gasteiger partial charge in [0.25, 0.3) is 5.69 Å². The minimum Gasteiger partial charge on any atom is -0.496 e. The molecule has 0 atom stereocenters. The molecule has 0 saturated carbocycles. The number of carbonyl (C=O) groups is 1. The number of benzene rings is 3. The maximum atomic E-state index is 12.8. The van der Waals surface area contributed by atoms with Gasteiger partial charge in [0, 0.05) is 23.3 Å². The van der Waals surface area contributed by atoms with Gasteiger partial charge in [-0.15, -0.1) is 0 Å². The zero-order valence-electron chi connectivity index (χ0n) is 17.0. The Balaban J connectivity index is 1.58. The van der Waals surface area contributed by atoms with E-state index in [1.807, 2.05) is 31.2 Å². The van der Waals surface area contributed by atoms with Crippen LogP contribution in [0.4, 0.5) is 5.69 Å². The van der Waals surface area contributed by atoms with Gasteiger partial charge in [-0.2, -0.15) is 0 Å². The number of nitro benzene ring substituents is 1. The molecule has 0 aliphatic carbocycles. The molecule has 0 fully saturated rings. The molecule has 0 bridgehead atoms. The number of ether oxygens (including phenoxy) is 3. The van der Waals surface area contributed by atoms with Crippen LogP contribution in [0, 0.1) is 17.0 Å². The lowest BCUT2D eigenvalue weighted by molar-refractivity contribution is -0.384. The molecule has 3 aromatic rings. The summed E-state index contributed by atoms with van der Waals surface area (Å²) < 4.78 is 17.1. The van der Waals surface area contributed by atoms with E-state index in [2.05, 4.69) is 0 Å². The van der Waals surface area contributed by atoms with Crippen molar-refractivity contribution in [2.45, 2.75) is 13.5 Å². The van der Waals surface area contributed by atoms with Gasteiger partial charge in [-0.1, -0.05) is 30.3 Å². The molecule has 0 saturated heterocycles. The van der Waals surface area contributed by atoms with E-state index in [4.69, 9.17) is 14.2 Å². The van der Waals surface area contributed by atoms with Gasteiger partial charge in [0.1, 0.15) is 23.9 Å². The SMILES string of the molecule is COc1ccccc1COc1ccc2c(c1C)O/C(=C\c1cccc([N+](=O)[O-])c1)C2=O. The van der Waals surface area contributed by atoms with Crippen molar-refractivity contribution in [1.29, 1.82) is 0 Å². The zero-order chi connectivity index (χ0) is 22.0. The van der Waals surface area contributed by atoms with Gasteiger partial charge < -0.3 is 14.2 Å². The van der Waals surface area contributed by atoms with Crippen LogP contribution in [0.1, 0.15) is 27.0 Å². The maximum Gasteiger partial charge on any atom is 0.270 e. The first-order chi connectivity index (χ1) is 15.0. The third kappa shape index (κ3) is 3.98. The van der Waals surface area contributed by atoms with Crippen LogP contribution in [0.15, 0.2) is 66.4 Å². The summed E-state index contributed by atoms with van der Waals surface area (Å²) in [6.07, 6.45) is 1.50. The number of nitro groups is 1. The third-order valence-corrected chi connectivity index (χ3v) is 4.99. The highest BCUT2D eigenvalue weighted by Crippen LogP contribution is 2.39. The monoisotopic (exact) mass is 417 g/mol. The number of para-hydroxylation sites is 1. The topological polar surface area (TPSA) is 87.9 Å². The van der Waals surface area contributed by atoms with Crippen LogP contribution < -0.4 is 14.2 Å². The molecule has 0 radical (unpaired) electrons. The molecular formula is C24H19NO6. The summed E-state index contributed by atoms with van der Waals surface area (Å²) in [7, 11) is 1.61. The van der Waals surface area contributed by atoms with E-state index < -0.39 is 4.92 Å².